The molecule has 0 fully saturated rings. The van der Waals surface area contributed by atoms with Gasteiger partial charge in [0.25, 0.3) is 0 Å². The Morgan fingerprint density at radius 2 is 1.75 bits per heavy atom. The fourth-order valence-corrected chi connectivity index (χ4v) is 6.24. The van der Waals surface area contributed by atoms with Crippen LogP contribution in [-0.4, -0.2) is 44.8 Å². The van der Waals surface area contributed by atoms with Gasteiger partial charge in [0.2, 0.25) is 0 Å². The van der Waals surface area contributed by atoms with Crippen LogP contribution in [0.2, 0.25) is 0 Å². The van der Waals surface area contributed by atoms with Gasteiger partial charge in [-0.15, -0.1) is 11.8 Å². The number of benzene rings is 2. The van der Waals surface area contributed by atoms with Crippen LogP contribution in [-0.2, 0) is 11.2 Å². The van der Waals surface area contributed by atoms with Crippen molar-refractivity contribution in [3.05, 3.63) is 59.7 Å². The molecule has 3 rings (SSSR count). The fraction of sp³-hybridized carbons (Fsp3) is 0.462. The number of carboxylic acids is 1. The van der Waals surface area contributed by atoms with E-state index in [1.165, 1.54) is 36.0 Å². The molecule has 0 saturated carbocycles. The Morgan fingerprint density at radius 3 is 2.36 bits per heavy atom. The molecule has 196 valence electrons. The molecule has 2 unspecified atom stereocenters. The van der Waals surface area contributed by atoms with E-state index in [2.05, 4.69) is 12.2 Å². The Hall–Kier alpha value is -2.33. The highest BCUT2D eigenvalue weighted by atomic mass is 32.2. The van der Waals surface area contributed by atoms with Crippen molar-refractivity contribution in [3.63, 3.8) is 0 Å². The van der Waals surface area contributed by atoms with E-state index in [4.69, 9.17) is 0 Å². The van der Waals surface area contributed by atoms with Gasteiger partial charge in [-0.1, -0.05) is 44.0 Å². The molecule has 2 aromatic carbocycles. The van der Waals surface area contributed by atoms with Crippen molar-refractivity contribution >= 4 is 41.2 Å². The third-order valence-electron chi connectivity index (χ3n) is 6.08. The van der Waals surface area contributed by atoms with E-state index in [-0.39, 0.29) is 34.0 Å². The second-order valence-electron chi connectivity index (χ2n) is 9.23. The molecule has 1 aliphatic rings. The minimum Gasteiger partial charge on any atom is -0.480 e. The smallest absolute Gasteiger partial charge is 0.446 e. The molecule has 36 heavy (non-hydrogen) atoms. The van der Waals surface area contributed by atoms with Gasteiger partial charge in [-0.2, -0.15) is 13.2 Å². The first-order valence-corrected chi connectivity index (χ1v) is 13.5. The number of rotatable bonds is 10. The molecule has 0 saturated heterocycles. The van der Waals surface area contributed by atoms with Crippen molar-refractivity contribution in [2.75, 3.05) is 11.9 Å². The molecule has 0 aliphatic heterocycles. The topological polar surface area (TPSA) is 69.6 Å². The summed E-state index contributed by atoms with van der Waals surface area (Å²) in [5.74, 6) is -0.922. The predicted molar refractivity (Wildman–Crippen MR) is 140 cm³/mol. The fourth-order valence-electron chi connectivity index (χ4n) is 4.21. The lowest BCUT2D eigenvalue weighted by Crippen LogP contribution is -2.46. The Labute approximate surface area is 218 Å². The van der Waals surface area contributed by atoms with Crippen LogP contribution in [0, 0.1) is 0 Å². The largest absolute Gasteiger partial charge is 0.480 e. The predicted octanol–water partition coefficient (Wildman–Crippen LogP) is 7.59. The van der Waals surface area contributed by atoms with Crippen LogP contribution < -0.4 is 5.32 Å². The van der Waals surface area contributed by atoms with Crippen LogP contribution in [0.25, 0.3) is 0 Å². The van der Waals surface area contributed by atoms with Gasteiger partial charge < -0.3 is 15.3 Å². The molecule has 2 atom stereocenters. The summed E-state index contributed by atoms with van der Waals surface area (Å²) < 4.78 is 36.9. The number of thioether (sulfide) groups is 2. The molecule has 2 N–H and O–H groups in total. The lowest BCUT2D eigenvalue weighted by molar-refractivity contribution is -0.138. The van der Waals surface area contributed by atoms with Gasteiger partial charge >= 0.3 is 17.5 Å². The number of carbonyl (C=O) groups is 2. The minimum atomic E-state index is -4.38. The molecule has 2 aromatic rings. The third kappa shape index (κ3) is 7.35. The Morgan fingerprint density at radius 1 is 1.08 bits per heavy atom. The number of nitrogens with one attached hydrogen (secondary N) is 1. The van der Waals surface area contributed by atoms with E-state index >= 15 is 0 Å². The first-order chi connectivity index (χ1) is 16.9. The van der Waals surface area contributed by atoms with Gasteiger partial charge in [0.1, 0.15) is 4.75 Å². The molecule has 5 nitrogen and oxygen atoms in total. The summed E-state index contributed by atoms with van der Waals surface area (Å²) in [7, 11) is 0. The van der Waals surface area contributed by atoms with Crippen molar-refractivity contribution in [2.45, 2.75) is 72.9 Å². The molecule has 2 amide bonds. The second-order valence-corrected chi connectivity index (χ2v) is 12.1. The van der Waals surface area contributed by atoms with E-state index in [0.717, 1.165) is 30.4 Å². The number of anilines is 1. The lowest BCUT2D eigenvalue weighted by Gasteiger charge is -2.35. The van der Waals surface area contributed by atoms with Gasteiger partial charge in [-0.05, 0) is 73.8 Å². The number of hydrogen-bond acceptors (Lipinski definition) is 4. The summed E-state index contributed by atoms with van der Waals surface area (Å²) in [6.45, 7) is 5.90. The number of unbranched alkanes of at least 4 members (excludes halogenated alkanes) is 2. The standard InChI is InChI=1S/C26H31F3N2O3S2/c1-4-5-8-15-31(24(34)30-18-11-13-19(14-12-18)35-26(27,28)29)21-16-17-9-6-7-10-20(17)22(21)36-25(2,3)23(32)33/h6-7,9-14,21-22H,4-5,8,15-16H2,1-3H3,(H,30,34)(H,32,33). The van der Waals surface area contributed by atoms with Gasteiger partial charge in [0, 0.05) is 17.1 Å². The van der Waals surface area contributed by atoms with E-state index in [0.29, 0.717) is 18.7 Å². The Balaban J connectivity index is 1.86. The van der Waals surface area contributed by atoms with Crippen molar-refractivity contribution in [1.82, 2.24) is 4.90 Å². The van der Waals surface area contributed by atoms with E-state index in [1.54, 1.807) is 18.7 Å². The van der Waals surface area contributed by atoms with Crippen LogP contribution >= 0.6 is 23.5 Å². The Kier molecular flexibility index (Phi) is 9.27. The van der Waals surface area contributed by atoms with Crippen LogP contribution in [0.1, 0.15) is 56.4 Å². The number of nitrogens with zero attached hydrogens (tertiary/aromatic N) is 1. The first kappa shape index (κ1) is 28.2. The molecule has 0 spiro atoms. The number of halogens is 3. The van der Waals surface area contributed by atoms with Crippen LogP contribution in [0.5, 0.6) is 0 Å². The zero-order valence-corrected chi connectivity index (χ0v) is 22.1. The number of urea groups is 1. The van der Waals surface area contributed by atoms with Crippen molar-refractivity contribution in [1.29, 1.82) is 0 Å². The number of carbonyl (C=O) groups excluding carboxylic acids is 1. The van der Waals surface area contributed by atoms with E-state index in [9.17, 15) is 27.9 Å². The van der Waals surface area contributed by atoms with Crippen LogP contribution in [0.3, 0.4) is 0 Å². The van der Waals surface area contributed by atoms with Crippen molar-refractivity contribution in [2.24, 2.45) is 0 Å². The normalized spacial score (nSPS) is 17.5. The molecule has 0 aromatic heterocycles. The average Bonchev–Trinajstić information content (AvgIpc) is 3.14. The molecule has 0 bridgehead atoms. The van der Waals surface area contributed by atoms with Gasteiger partial charge in [-0.25, -0.2) is 4.79 Å². The van der Waals surface area contributed by atoms with Crippen molar-refractivity contribution in [3.8, 4) is 0 Å². The van der Waals surface area contributed by atoms with Gasteiger partial charge in [0.15, 0.2) is 0 Å². The summed E-state index contributed by atoms with van der Waals surface area (Å²) in [4.78, 5) is 27.2. The molecule has 0 heterocycles. The number of amides is 2. The first-order valence-electron chi connectivity index (χ1n) is 11.8. The SMILES string of the molecule is CCCCCN(C(=O)Nc1ccc(SC(F)(F)F)cc1)C1Cc2ccccc2C1SC(C)(C)C(=O)O. The average molecular weight is 541 g/mol. The number of carboxylic acid groups (broad SMARTS) is 1. The maximum absolute atomic E-state index is 13.5. The third-order valence-corrected chi connectivity index (χ3v) is 8.40. The van der Waals surface area contributed by atoms with Crippen LogP contribution in [0.4, 0.5) is 23.7 Å². The van der Waals surface area contributed by atoms with E-state index in [1.807, 2.05) is 24.3 Å². The monoisotopic (exact) mass is 540 g/mol. The minimum absolute atomic E-state index is 0.0407. The Bertz CT molecular complexity index is 1060. The molecular weight excluding hydrogens is 509 g/mol. The zero-order chi connectivity index (χ0) is 26.5. The number of hydrogen-bond donors (Lipinski definition) is 2. The van der Waals surface area contributed by atoms with E-state index < -0.39 is 16.2 Å². The van der Waals surface area contributed by atoms with Crippen molar-refractivity contribution < 1.29 is 27.9 Å². The molecule has 0 radical (unpaired) electrons. The highest BCUT2D eigenvalue weighted by molar-refractivity contribution is 8.01. The highest BCUT2D eigenvalue weighted by Gasteiger charge is 2.43. The summed E-state index contributed by atoms with van der Waals surface area (Å²) in [5, 5.41) is 12.4. The van der Waals surface area contributed by atoms with Gasteiger partial charge in [0.05, 0.1) is 11.3 Å². The van der Waals surface area contributed by atoms with Crippen LogP contribution in [0.15, 0.2) is 53.4 Å². The lowest BCUT2D eigenvalue weighted by atomic mass is 10.1. The second kappa shape index (κ2) is 11.8. The molecule has 10 heteroatoms. The zero-order valence-electron chi connectivity index (χ0n) is 20.5. The quantitative estimate of drug-likeness (QED) is 0.240. The maximum Gasteiger partial charge on any atom is 0.446 e. The number of aliphatic carboxylic acids is 1. The van der Waals surface area contributed by atoms with Gasteiger partial charge in [-0.3, -0.25) is 4.79 Å². The molecule has 1 aliphatic carbocycles. The molecular formula is C26H31F3N2O3S2. The number of alkyl halides is 3. The number of fused-ring (bicyclic) bond motifs is 1. The summed E-state index contributed by atoms with van der Waals surface area (Å²) in [6.07, 6.45) is 3.30. The summed E-state index contributed by atoms with van der Waals surface area (Å²) >= 11 is 1.13. The highest BCUT2D eigenvalue weighted by Crippen LogP contribution is 2.49. The maximum atomic E-state index is 13.5. The summed E-state index contributed by atoms with van der Waals surface area (Å²) in [5.41, 5.74) is -1.86. The summed E-state index contributed by atoms with van der Waals surface area (Å²) in [6, 6.07) is 12.8.